The lowest BCUT2D eigenvalue weighted by atomic mass is 9.94. The maximum atomic E-state index is 13.1. The minimum atomic E-state index is -1.35. The highest BCUT2D eigenvalue weighted by atomic mass is 35.5. The third kappa shape index (κ3) is 3.83. The number of hydrogen-bond donors (Lipinski definition) is 3. The van der Waals surface area contributed by atoms with Gasteiger partial charge in [0.2, 0.25) is 0 Å². The molecule has 2 amide bonds. The number of carbonyl (C=O) groups excluding carboxylic acids is 2. The fourth-order valence-electron chi connectivity index (χ4n) is 2.58. The van der Waals surface area contributed by atoms with E-state index < -0.39 is 23.2 Å². The Morgan fingerprint density at radius 2 is 2.08 bits per heavy atom. The van der Waals surface area contributed by atoms with Crippen molar-refractivity contribution in [3.63, 3.8) is 0 Å². The maximum Gasteiger partial charge on any atom is 0.313 e. The summed E-state index contributed by atoms with van der Waals surface area (Å²) < 4.78 is 18.4. The molecule has 1 heterocycles. The minimum Gasteiger partial charge on any atom is -0.466 e. The zero-order chi connectivity index (χ0) is 18.0. The Morgan fingerprint density at radius 1 is 1.32 bits per heavy atom. The molecule has 0 bridgehead atoms. The molecule has 1 aromatic heterocycles. The van der Waals surface area contributed by atoms with Gasteiger partial charge in [0, 0.05) is 5.69 Å². The molecule has 2 aromatic rings. The number of nitrogens with one attached hydrogen (secondary N) is 2. The van der Waals surface area contributed by atoms with Crippen molar-refractivity contribution >= 4 is 29.1 Å². The zero-order valence-corrected chi connectivity index (χ0v) is 13.8. The van der Waals surface area contributed by atoms with Gasteiger partial charge in [-0.25, -0.2) is 4.39 Å². The van der Waals surface area contributed by atoms with Crippen LogP contribution in [-0.4, -0.2) is 23.5 Å². The first kappa shape index (κ1) is 17.4. The molecule has 25 heavy (non-hydrogen) atoms. The van der Waals surface area contributed by atoms with Crippen molar-refractivity contribution < 1.29 is 23.5 Å². The summed E-state index contributed by atoms with van der Waals surface area (Å²) in [7, 11) is 0. The average molecular weight is 367 g/mol. The average Bonchev–Trinajstić information content (AvgIpc) is 3.30. The monoisotopic (exact) mass is 366 g/mol. The summed E-state index contributed by atoms with van der Waals surface area (Å²) in [5.41, 5.74) is -1.16. The lowest BCUT2D eigenvalue weighted by molar-refractivity contribution is -0.137. The summed E-state index contributed by atoms with van der Waals surface area (Å²) in [6.45, 7) is -0.151. The topological polar surface area (TPSA) is 91.6 Å². The van der Waals surface area contributed by atoms with Crippen LogP contribution in [-0.2, 0) is 15.2 Å². The van der Waals surface area contributed by atoms with Crippen molar-refractivity contribution in [2.24, 2.45) is 5.92 Å². The van der Waals surface area contributed by atoms with E-state index in [-0.39, 0.29) is 23.2 Å². The van der Waals surface area contributed by atoms with E-state index in [0.29, 0.717) is 5.76 Å². The van der Waals surface area contributed by atoms with Gasteiger partial charge in [0.1, 0.15) is 17.2 Å². The molecule has 1 aliphatic carbocycles. The van der Waals surface area contributed by atoms with Gasteiger partial charge in [0.15, 0.2) is 0 Å². The first-order chi connectivity index (χ1) is 11.9. The van der Waals surface area contributed by atoms with Crippen LogP contribution < -0.4 is 10.6 Å². The van der Waals surface area contributed by atoms with Gasteiger partial charge in [-0.15, -0.1) is 0 Å². The van der Waals surface area contributed by atoms with Gasteiger partial charge in [-0.05, 0) is 49.1 Å². The number of carbonyl (C=O) groups is 2. The molecule has 0 spiro atoms. The first-order valence-corrected chi connectivity index (χ1v) is 8.08. The number of halogens is 2. The summed E-state index contributed by atoms with van der Waals surface area (Å²) in [4.78, 5) is 23.9. The Kier molecular flexibility index (Phi) is 4.78. The van der Waals surface area contributed by atoms with Gasteiger partial charge >= 0.3 is 11.8 Å². The number of furan rings is 1. The largest absolute Gasteiger partial charge is 0.466 e. The second kappa shape index (κ2) is 6.85. The van der Waals surface area contributed by atoms with Crippen LogP contribution in [0.25, 0.3) is 0 Å². The van der Waals surface area contributed by atoms with Crippen LogP contribution in [0.4, 0.5) is 10.1 Å². The Morgan fingerprint density at radius 3 is 2.68 bits per heavy atom. The molecule has 6 nitrogen and oxygen atoms in total. The van der Waals surface area contributed by atoms with Crippen LogP contribution in [0.15, 0.2) is 41.0 Å². The van der Waals surface area contributed by atoms with Crippen molar-refractivity contribution in [1.82, 2.24) is 5.32 Å². The lowest BCUT2D eigenvalue weighted by Crippen LogP contribution is -2.45. The predicted molar refractivity (Wildman–Crippen MR) is 88.4 cm³/mol. The molecule has 0 saturated heterocycles. The van der Waals surface area contributed by atoms with Crippen LogP contribution in [0.1, 0.15) is 18.6 Å². The van der Waals surface area contributed by atoms with Crippen molar-refractivity contribution in [2.75, 3.05) is 11.9 Å². The molecule has 0 unspecified atom stereocenters. The molecule has 3 N–H and O–H groups in total. The molecule has 1 fully saturated rings. The molecule has 0 aliphatic heterocycles. The minimum absolute atomic E-state index is 0.0297. The highest BCUT2D eigenvalue weighted by Crippen LogP contribution is 2.45. The van der Waals surface area contributed by atoms with E-state index >= 15 is 0 Å². The molecule has 1 aliphatic rings. The fourth-order valence-corrected chi connectivity index (χ4v) is 2.76. The van der Waals surface area contributed by atoms with Crippen molar-refractivity contribution in [2.45, 2.75) is 18.4 Å². The Bertz CT molecular complexity index is 792. The number of aliphatic hydroxyl groups is 1. The van der Waals surface area contributed by atoms with Crippen molar-refractivity contribution in [1.29, 1.82) is 0 Å². The Hall–Kier alpha value is -2.38. The zero-order valence-electron chi connectivity index (χ0n) is 13.1. The van der Waals surface area contributed by atoms with Crippen LogP contribution in [0.2, 0.25) is 5.02 Å². The molecule has 0 radical (unpaired) electrons. The summed E-state index contributed by atoms with van der Waals surface area (Å²) in [6, 6.07) is 6.85. The smallest absolute Gasteiger partial charge is 0.313 e. The van der Waals surface area contributed by atoms with Gasteiger partial charge in [0.25, 0.3) is 0 Å². The fraction of sp³-hybridized carbons (Fsp3) is 0.294. The quantitative estimate of drug-likeness (QED) is 0.709. The number of hydrogen-bond acceptors (Lipinski definition) is 4. The van der Waals surface area contributed by atoms with E-state index in [1.807, 2.05) is 0 Å². The second-order valence-electron chi connectivity index (χ2n) is 5.94. The molecule has 3 rings (SSSR count). The molecule has 1 atom stereocenters. The molecule has 132 valence electrons. The van der Waals surface area contributed by atoms with Crippen LogP contribution in [0.3, 0.4) is 0 Å². The van der Waals surface area contributed by atoms with Crippen molar-refractivity contribution in [3.8, 4) is 0 Å². The number of benzene rings is 1. The van der Waals surface area contributed by atoms with E-state index in [9.17, 15) is 19.1 Å². The highest BCUT2D eigenvalue weighted by molar-refractivity contribution is 6.39. The first-order valence-electron chi connectivity index (χ1n) is 7.71. The highest BCUT2D eigenvalue weighted by Gasteiger charge is 2.47. The van der Waals surface area contributed by atoms with E-state index in [4.69, 9.17) is 16.0 Å². The number of amides is 2. The van der Waals surface area contributed by atoms with E-state index in [1.54, 1.807) is 12.1 Å². The number of anilines is 1. The maximum absolute atomic E-state index is 13.1. The van der Waals surface area contributed by atoms with E-state index in [2.05, 4.69) is 10.6 Å². The molecule has 1 saturated carbocycles. The van der Waals surface area contributed by atoms with Crippen molar-refractivity contribution in [3.05, 3.63) is 53.2 Å². The number of rotatable bonds is 5. The lowest BCUT2D eigenvalue weighted by Gasteiger charge is -2.26. The summed E-state index contributed by atoms with van der Waals surface area (Å²) in [6.07, 6.45) is 3.07. The standard InChI is InChI=1S/C17H16ClFN2O4/c18-12-8-11(5-6-13(12)19)21-16(23)15(22)20-9-17(24,10-3-4-10)14-2-1-7-25-14/h1-2,5-8,10,24H,3-4,9H2,(H,20,22)(H,21,23)/t17-/m1/s1. The van der Waals surface area contributed by atoms with Crippen LogP contribution >= 0.6 is 11.6 Å². The van der Waals surface area contributed by atoms with Gasteiger partial charge in [-0.1, -0.05) is 11.6 Å². The Labute approximate surface area is 148 Å². The van der Waals surface area contributed by atoms with Gasteiger partial charge < -0.3 is 20.2 Å². The summed E-state index contributed by atoms with van der Waals surface area (Å²) in [5, 5.41) is 15.4. The van der Waals surface area contributed by atoms with Gasteiger partial charge in [0.05, 0.1) is 17.8 Å². The molecule has 1 aromatic carbocycles. The van der Waals surface area contributed by atoms with E-state index in [1.165, 1.54) is 18.4 Å². The second-order valence-corrected chi connectivity index (χ2v) is 6.35. The Balaban J connectivity index is 1.61. The summed E-state index contributed by atoms with van der Waals surface area (Å²) >= 11 is 5.63. The molecular weight excluding hydrogens is 351 g/mol. The van der Waals surface area contributed by atoms with Crippen LogP contribution in [0.5, 0.6) is 0 Å². The van der Waals surface area contributed by atoms with Gasteiger partial charge in [-0.3, -0.25) is 9.59 Å². The SMILES string of the molecule is O=C(NC[C@](O)(c1ccco1)C1CC1)C(=O)Nc1ccc(F)c(Cl)c1. The normalized spacial score (nSPS) is 16.1. The third-order valence-electron chi connectivity index (χ3n) is 4.10. The third-order valence-corrected chi connectivity index (χ3v) is 4.39. The van der Waals surface area contributed by atoms with E-state index in [0.717, 1.165) is 18.9 Å². The molecular formula is C17H16ClFN2O4. The van der Waals surface area contributed by atoms with Crippen LogP contribution in [0, 0.1) is 11.7 Å². The predicted octanol–water partition coefficient (Wildman–Crippen LogP) is 2.42. The summed E-state index contributed by atoms with van der Waals surface area (Å²) in [5.74, 6) is -2.18. The van der Waals surface area contributed by atoms with Gasteiger partial charge in [-0.2, -0.15) is 0 Å². The molecule has 8 heteroatoms.